The molecular formula is C15H11-3. The van der Waals surface area contributed by atoms with E-state index in [4.69, 9.17) is 0 Å². The minimum Gasteiger partial charge on any atom is -0.245 e. The van der Waals surface area contributed by atoms with Crippen LogP contribution in [0, 0.1) is 0 Å². The molecule has 0 aliphatic carbocycles. The summed E-state index contributed by atoms with van der Waals surface area (Å²) in [5.74, 6) is 0. The summed E-state index contributed by atoms with van der Waals surface area (Å²) in [6.07, 6.45) is 0. The largest absolute Gasteiger partial charge is 0.245 e. The Morgan fingerprint density at radius 1 is 1.00 bits per heavy atom. The molecule has 15 heavy (non-hydrogen) atoms. The maximum Gasteiger partial charge on any atom is -0.143 e. The van der Waals surface area contributed by atoms with Gasteiger partial charge < -0.3 is 0 Å². The van der Waals surface area contributed by atoms with Gasteiger partial charge in [0.05, 0.1) is 0 Å². The van der Waals surface area contributed by atoms with Crippen molar-refractivity contribution in [2.75, 3.05) is 0 Å². The van der Waals surface area contributed by atoms with Crippen molar-refractivity contribution in [1.29, 1.82) is 0 Å². The second kappa shape index (κ2) is 3.32. The average Bonchev–Trinajstić information content (AvgIpc) is 3.01. The SMILES string of the molecule is c1cc[c-](-c2[cH-]ccc2-c2cc[cH-]c2)c1. The first-order chi connectivity index (χ1) is 7.45. The van der Waals surface area contributed by atoms with Crippen LogP contribution >= 0.6 is 0 Å². The molecule has 0 nitrogen and oxygen atoms in total. The van der Waals surface area contributed by atoms with E-state index < -0.39 is 0 Å². The monoisotopic (exact) mass is 191 g/mol. The molecule has 0 saturated carbocycles. The van der Waals surface area contributed by atoms with Crippen LogP contribution in [-0.2, 0) is 0 Å². The highest BCUT2D eigenvalue weighted by atomic mass is 14.1. The molecule has 0 fully saturated rings. The van der Waals surface area contributed by atoms with Crippen LogP contribution in [-0.4, -0.2) is 0 Å². The Hall–Kier alpha value is -1.95. The van der Waals surface area contributed by atoms with Crippen molar-refractivity contribution in [3.05, 3.63) is 66.7 Å². The molecule has 0 atom stereocenters. The van der Waals surface area contributed by atoms with Crippen LogP contribution in [0.2, 0.25) is 0 Å². The first-order valence-electron chi connectivity index (χ1n) is 5.15. The molecule has 0 radical (unpaired) electrons. The summed E-state index contributed by atoms with van der Waals surface area (Å²) in [4.78, 5) is 0. The van der Waals surface area contributed by atoms with Gasteiger partial charge in [-0.15, -0.1) is 12.1 Å². The minimum atomic E-state index is 1.30. The van der Waals surface area contributed by atoms with E-state index in [2.05, 4.69) is 66.7 Å². The van der Waals surface area contributed by atoms with Gasteiger partial charge in [-0.2, -0.15) is 29.8 Å². The summed E-state index contributed by atoms with van der Waals surface area (Å²) in [5.41, 5.74) is 5.25. The van der Waals surface area contributed by atoms with Crippen molar-refractivity contribution >= 4 is 0 Å². The van der Waals surface area contributed by atoms with E-state index in [1.165, 1.54) is 22.3 Å². The Labute approximate surface area is 89.5 Å². The molecule has 0 heterocycles. The number of hydrogen-bond acceptors (Lipinski definition) is 0. The number of hydrogen-bond donors (Lipinski definition) is 0. The third kappa shape index (κ3) is 1.35. The first-order valence-corrected chi connectivity index (χ1v) is 5.15. The second-order valence-electron chi connectivity index (χ2n) is 3.70. The Balaban J connectivity index is 2.15. The first kappa shape index (κ1) is 8.37. The second-order valence-corrected chi connectivity index (χ2v) is 3.70. The molecule has 0 unspecified atom stereocenters. The van der Waals surface area contributed by atoms with Crippen molar-refractivity contribution < 1.29 is 0 Å². The zero-order chi connectivity index (χ0) is 10.1. The highest BCUT2D eigenvalue weighted by Gasteiger charge is 1.89. The van der Waals surface area contributed by atoms with Gasteiger partial charge in [-0.1, -0.05) is 0 Å². The van der Waals surface area contributed by atoms with E-state index in [0.717, 1.165) is 0 Å². The van der Waals surface area contributed by atoms with Crippen LogP contribution in [0.15, 0.2) is 66.7 Å². The average molecular weight is 191 g/mol. The quantitative estimate of drug-likeness (QED) is 0.533. The molecular weight excluding hydrogens is 180 g/mol. The fraction of sp³-hybridized carbons (Fsp3) is 0. The molecule has 0 heteroatoms. The molecule has 0 saturated heterocycles. The minimum absolute atomic E-state index is 1.30. The lowest BCUT2D eigenvalue weighted by Gasteiger charge is -2.19. The molecule has 74 valence electrons. The highest BCUT2D eigenvalue weighted by molar-refractivity contribution is 5.84. The maximum atomic E-state index is 2.18. The lowest BCUT2D eigenvalue weighted by molar-refractivity contribution is 1.77. The summed E-state index contributed by atoms with van der Waals surface area (Å²) < 4.78 is 0. The molecule has 0 bridgehead atoms. The van der Waals surface area contributed by atoms with E-state index >= 15 is 0 Å². The Bertz CT molecular complexity index is 470. The predicted octanol–water partition coefficient (Wildman–Crippen LogP) is 4.18. The van der Waals surface area contributed by atoms with Gasteiger partial charge in [0.2, 0.25) is 0 Å². The molecule has 0 amide bonds. The normalized spacial score (nSPS) is 10.7. The standard InChI is InChI=1S/C15H11/c1-2-7-12(6-1)14-10-5-11-15(14)13-8-3-4-9-13/h1-11H/q-3. The zero-order valence-electron chi connectivity index (χ0n) is 8.35. The van der Waals surface area contributed by atoms with Crippen molar-refractivity contribution in [2.45, 2.75) is 0 Å². The van der Waals surface area contributed by atoms with Gasteiger partial charge in [-0.3, -0.25) is 0 Å². The smallest absolute Gasteiger partial charge is 0.143 e. The van der Waals surface area contributed by atoms with Gasteiger partial charge in [0.15, 0.2) is 0 Å². The summed E-state index contributed by atoms with van der Waals surface area (Å²) in [5, 5.41) is 0. The molecule has 0 spiro atoms. The fourth-order valence-electron chi connectivity index (χ4n) is 2.03. The molecule has 0 aliphatic heterocycles. The van der Waals surface area contributed by atoms with Crippen molar-refractivity contribution in [3.8, 4) is 22.3 Å². The molecule has 0 aromatic heterocycles. The van der Waals surface area contributed by atoms with E-state index in [-0.39, 0.29) is 0 Å². The molecule has 0 aliphatic rings. The zero-order valence-corrected chi connectivity index (χ0v) is 8.35. The summed E-state index contributed by atoms with van der Waals surface area (Å²) in [6.45, 7) is 0. The van der Waals surface area contributed by atoms with Gasteiger partial charge in [-0.05, 0) is 0 Å². The topological polar surface area (TPSA) is 0 Å². The van der Waals surface area contributed by atoms with Crippen LogP contribution in [0.4, 0.5) is 0 Å². The van der Waals surface area contributed by atoms with Gasteiger partial charge >= 0.3 is 0 Å². The maximum absolute atomic E-state index is 2.18. The van der Waals surface area contributed by atoms with E-state index in [1.807, 2.05) is 0 Å². The number of rotatable bonds is 2. The molecule has 3 aromatic rings. The third-order valence-electron chi connectivity index (χ3n) is 2.76. The Kier molecular flexibility index (Phi) is 1.85. The molecule has 3 aromatic carbocycles. The summed E-state index contributed by atoms with van der Waals surface area (Å²) in [6, 6.07) is 23.4. The van der Waals surface area contributed by atoms with E-state index in [1.54, 1.807) is 0 Å². The van der Waals surface area contributed by atoms with Gasteiger partial charge in [0.25, 0.3) is 0 Å². The van der Waals surface area contributed by atoms with Crippen LogP contribution in [0.25, 0.3) is 22.3 Å². The van der Waals surface area contributed by atoms with Crippen LogP contribution in [0.5, 0.6) is 0 Å². The van der Waals surface area contributed by atoms with Crippen molar-refractivity contribution in [1.82, 2.24) is 0 Å². The predicted molar refractivity (Wildman–Crippen MR) is 64.1 cm³/mol. The lowest BCUT2D eigenvalue weighted by atomic mass is 10.0. The molecule has 3 rings (SSSR count). The lowest BCUT2D eigenvalue weighted by Crippen LogP contribution is -1.73. The van der Waals surface area contributed by atoms with Gasteiger partial charge in [0.1, 0.15) is 0 Å². The Morgan fingerprint density at radius 2 is 1.87 bits per heavy atom. The summed E-state index contributed by atoms with van der Waals surface area (Å²) in [7, 11) is 0. The van der Waals surface area contributed by atoms with Gasteiger partial charge in [-0.25, -0.2) is 47.0 Å². The fourth-order valence-corrected chi connectivity index (χ4v) is 2.03. The molecule has 0 N–H and O–H groups in total. The van der Waals surface area contributed by atoms with E-state index in [9.17, 15) is 0 Å². The van der Waals surface area contributed by atoms with E-state index in [0.29, 0.717) is 0 Å². The third-order valence-corrected chi connectivity index (χ3v) is 2.76. The van der Waals surface area contributed by atoms with Crippen LogP contribution in [0.1, 0.15) is 0 Å². The summed E-state index contributed by atoms with van der Waals surface area (Å²) >= 11 is 0. The highest BCUT2D eigenvalue weighted by Crippen LogP contribution is 2.33. The van der Waals surface area contributed by atoms with Crippen LogP contribution in [0.3, 0.4) is 0 Å². The van der Waals surface area contributed by atoms with Crippen molar-refractivity contribution in [2.24, 2.45) is 0 Å². The van der Waals surface area contributed by atoms with Crippen molar-refractivity contribution in [3.63, 3.8) is 0 Å². The Morgan fingerprint density at radius 3 is 2.60 bits per heavy atom. The van der Waals surface area contributed by atoms with Gasteiger partial charge in [0, 0.05) is 0 Å². The van der Waals surface area contributed by atoms with Crippen LogP contribution < -0.4 is 0 Å².